The summed E-state index contributed by atoms with van der Waals surface area (Å²) in [6.45, 7) is 0. The minimum atomic E-state index is -0.356. The van der Waals surface area contributed by atoms with Crippen molar-refractivity contribution in [3.05, 3.63) is 53.3 Å². The van der Waals surface area contributed by atoms with Crippen molar-refractivity contribution in [3.63, 3.8) is 0 Å². The van der Waals surface area contributed by atoms with Gasteiger partial charge in [0, 0.05) is 0 Å². The predicted molar refractivity (Wildman–Crippen MR) is 81.1 cm³/mol. The lowest BCUT2D eigenvalue weighted by Crippen LogP contribution is -2.16. The first kappa shape index (κ1) is 14.3. The first-order valence-corrected chi connectivity index (χ1v) is 6.75. The van der Waals surface area contributed by atoms with Gasteiger partial charge in [0.15, 0.2) is 17.3 Å². The van der Waals surface area contributed by atoms with Crippen LogP contribution in [-0.2, 0) is 0 Å². The van der Waals surface area contributed by atoms with Crippen LogP contribution >= 0.6 is 0 Å². The zero-order valence-corrected chi connectivity index (χ0v) is 12.2. The highest BCUT2D eigenvalue weighted by atomic mass is 19.1. The van der Waals surface area contributed by atoms with E-state index in [4.69, 9.17) is 9.47 Å². The van der Waals surface area contributed by atoms with Crippen LogP contribution in [0.2, 0.25) is 0 Å². The summed E-state index contributed by atoms with van der Waals surface area (Å²) >= 11 is 0. The van der Waals surface area contributed by atoms with Crippen molar-refractivity contribution in [2.45, 2.75) is 6.42 Å². The van der Waals surface area contributed by atoms with Gasteiger partial charge in [-0.2, -0.15) is 0 Å². The molecule has 1 heterocycles. The predicted octanol–water partition coefficient (Wildman–Crippen LogP) is 3.55. The van der Waals surface area contributed by atoms with Gasteiger partial charge in [0.05, 0.1) is 37.6 Å². The summed E-state index contributed by atoms with van der Waals surface area (Å²) in [6.07, 6.45) is 0.0972. The van der Waals surface area contributed by atoms with Crippen LogP contribution in [-0.4, -0.2) is 25.7 Å². The second-order valence-electron chi connectivity index (χ2n) is 4.86. The summed E-state index contributed by atoms with van der Waals surface area (Å²) < 4.78 is 23.8. The number of carbonyl (C=O) groups excluding carboxylic acids is 1. The third-order valence-corrected chi connectivity index (χ3v) is 3.54. The second kappa shape index (κ2) is 5.60. The molecule has 1 aliphatic rings. The zero-order chi connectivity index (χ0) is 15.7. The number of Topliss-reactive ketones (excluding diaryl/α,β-unsaturated/α-hetero) is 1. The van der Waals surface area contributed by atoms with Crippen LogP contribution < -0.4 is 9.47 Å². The Morgan fingerprint density at radius 2 is 1.95 bits per heavy atom. The Morgan fingerprint density at radius 3 is 2.64 bits per heavy atom. The van der Waals surface area contributed by atoms with E-state index >= 15 is 0 Å². The molecule has 0 saturated heterocycles. The van der Waals surface area contributed by atoms with Gasteiger partial charge in [-0.25, -0.2) is 4.39 Å². The molecule has 0 saturated carbocycles. The first-order valence-electron chi connectivity index (χ1n) is 6.75. The van der Waals surface area contributed by atoms with Crippen LogP contribution in [0, 0.1) is 5.82 Å². The van der Waals surface area contributed by atoms with E-state index in [1.165, 1.54) is 26.4 Å². The van der Waals surface area contributed by atoms with Gasteiger partial charge in [-0.05, 0) is 29.8 Å². The van der Waals surface area contributed by atoms with Gasteiger partial charge in [-0.15, -0.1) is 0 Å². The topological polar surface area (TPSA) is 47.9 Å². The number of carbonyl (C=O) groups is 1. The molecule has 0 fully saturated rings. The molecule has 0 atom stereocenters. The number of ketones is 1. The Hall–Kier alpha value is -2.69. The Labute approximate surface area is 127 Å². The minimum Gasteiger partial charge on any atom is -0.493 e. The summed E-state index contributed by atoms with van der Waals surface area (Å²) in [6, 6.07) is 9.47. The van der Waals surface area contributed by atoms with Gasteiger partial charge >= 0.3 is 0 Å². The van der Waals surface area contributed by atoms with Crippen molar-refractivity contribution >= 4 is 17.2 Å². The van der Waals surface area contributed by atoms with Crippen LogP contribution in [0.5, 0.6) is 11.5 Å². The Morgan fingerprint density at radius 1 is 1.14 bits per heavy atom. The molecule has 0 unspecified atom stereocenters. The third kappa shape index (κ3) is 2.35. The number of rotatable bonds is 3. The van der Waals surface area contributed by atoms with E-state index in [0.717, 1.165) is 0 Å². The maximum Gasteiger partial charge on any atom is 0.174 e. The van der Waals surface area contributed by atoms with E-state index in [-0.39, 0.29) is 18.0 Å². The summed E-state index contributed by atoms with van der Waals surface area (Å²) in [5.74, 6) is 0.386. The highest BCUT2D eigenvalue weighted by Crippen LogP contribution is 2.40. The maximum atomic E-state index is 13.4. The molecule has 1 aliphatic heterocycles. The fraction of sp³-hybridized carbons (Fsp3) is 0.176. The normalized spacial score (nSPS) is 13.4. The summed E-state index contributed by atoms with van der Waals surface area (Å²) in [7, 11) is 3.00. The van der Waals surface area contributed by atoms with E-state index in [1.807, 2.05) is 0 Å². The van der Waals surface area contributed by atoms with Gasteiger partial charge in [0.25, 0.3) is 0 Å². The minimum absolute atomic E-state index is 0.0972. The largest absolute Gasteiger partial charge is 0.493 e. The first-order chi connectivity index (χ1) is 10.6. The van der Waals surface area contributed by atoms with E-state index in [9.17, 15) is 9.18 Å². The van der Waals surface area contributed by atoms with Gasteiger partial charge in [-0.1, -0.05) is 12.1 Å². The van der Waals surface area contributed by atoms with Crippen LogP contribution in [0.15, 0.2) is 41.4 Å². The Bertz CT molecular complexity index is 783. The number of benzene rings is 2. The number of halogens is 1. The number of hydrogen-bond acceptors (Lipinski definition) is 4. The molecular weight excluding hydrogens is 285 g/mol. The molecule has 3 rings (SSSR count). The lowest BCUT2D eigenvalue weighted by Gasteiger charge is -2.19. The van der Waals surface area contributed by atoms with Crippen LogP contribution in [0.3, 0.4) is 0 Å². The molecule has 4 nitrogen and oxygen atoms in total. The van der Waals surface area contributed by atoms with Crippen molar-refractivity contribution in [2.24, 2.45) is 4.99 Å². The molecule has 0 amide bonds. The molecular formula is C17H14FNO3. The fourth-order valence-corrected chi connectivity index (χ4v) is 2.54. The van der Waals surface area contributed by atoms with Gasteiger partial charge in [-0.3, -0.25) is 9.79 Å². The molecule has 112 valence electrons. The van der Waals surface area contributed by atoms with E-state index in [2.05, 4.69) is 4.99 Å². The number of aliphatic imine (C=N–C) groups is 1. The number of ether oxygens (including phenoxy) is 2. The molecule has 22 heavy (non-hydrogen) atoms. The maximum absolute atomic E-state index is 13.4. The lowest BCUT2D eigenvalue weighted by molar-refractivity contribution is 0.0996. The molecule has 0 spiro atoms. The van der Waals surface area contributed by atoms with Crippen molar-refractivity contribution in [2.75, 3.05) is 14.2 Å². The molecule has 2 aromatic carbocycles. The highest BCUT2D eigenvalue weighted by molar-refractivity contribution is 6.22. The molecule has 0 aromatic heterocycles. The Kier molecular flexibility index (Phi) is 3.63. The average Bonchev–Trinajstić information content (AvgIpc) is 2.53. The SMILES string of the molecule is COc1ccc2c(c1OC)C(=O)CC(c1cccc(F)c1)=N2. The average molecular weight is 299 g/mol. The summed E-state index contributed by atoms with van der Waals surface area (Å²) in [4.78, 5) is 17.0. The number of hydrogen-bond donors (Lipinski definition) is 0. The molecule has 0 bridgehead atoms. The summed E-state index contributed by atoms with van der Waals surface area (Å²) in [5, 5.41) is 0. The van der Waals surface area contributed by atoms with Crippen LogP contribution in [0.25, 0.3) is 0 Å². The molecule has 0 radical (unpaired) electrons. The monoisotopic (exact) mass is 299 g/mol. The summed E-state index contributed by atoms with van der Waals surface area (Å²) in [5.41, 5.74) is 2.06. The molecule has 5 heteroatoms. The highest BCUT2D eigenvalue weighted by Gasteiger charge is 2.27. The van der Waals surface area contributed by atoms with E-state index in [0.29, 0.717) is 34.0 Å². The smallest absolute Gasteiger partial charge is 0.174 e. The van der Waals surface area contributed by atoms with Gasteiger partial charge in [0.1, 0.15) is 5.82 Å². The standard InChI is InChI=1S/C17H14FNO3/c1-21-15-7-6-12-16(17(15)22-2)14(20)9-13(19-12)10-4-3-5-11(18)8-10/h3-8H,9H2,1-2H3. The number of nitrogens with zero attached hydrogens (tertiary/aromatic N) is 1. The second-order valence-corrected chi connectivity index (χ2v) is 4.86. The molecule has 2 aromatic rings. The lowest BCUT2D eigenvalue weighted by atomic mass is 9.95. The fourth-order valence-electron chi connectivity index (χ4n) is 2.54. The third-order valence-electron chi connectivity index (χ3n) is 3.54. The van der Waals surface area contributed by atoms with E-state index < -0.39 is 0 Å². The van der Waals surface area contributed by atoms with Crippen molar-refractivity contribution in [3.8, 4) is 11.5 Å². The van der Waals surface area contributed by atoms with Crippen molar-refractivity contribution < 1.29 is 18.7 Å². The van der Waals surface area contributed by atoms with Crippen molar-refractivity contribution in [1.29, 1.82) is 0 Å². The van der Waals surface area contributed by atoms with Crippen molar-refractivity contribution in [1.82, 2.24) is 0 Å². The Balaban J connectivity index is 2.14. The van der Waals surface area contributed by atoms with Gasteiger partial charge < -0.3 is 9.47 Å². The van der Waals surface area contributed by atoms with Gasteiger partial charge in [0.2, 0.25) is 0 Å². The molecule has 0 aliphatic carbocycles. The molecule has 0 N–H and O–H groups in total. The van der Waals surface area contributed by atoms with Crippen LogP contribution in [0.4, 0.5) is 10.1 Å². The van der Waals surface area contributed by atoms with Crippen LogP contribution in [0.1, 0.15) is 22.3 Å². The van der Waals surface area contributed by atoms with E-state index in [1.54, 1.807) is 24.3 Å². The number of methoxy groups -OCH3 is 2. The zero-order valence-electron chi connectivity index (χ0n) is 12.2. The number of fused-ring (bicyclic) bond motifs is 1. The quantitative estimate of drug-likeness (QED) is 0.870.